The van der Waals surface area contributed by atoms with Crippen LogP contribution in [-0.4, -0.2) is 19.6 Å². The number of benzene rings is 1. The molecule has 0 aliphatic heterocycles. The van der Waals surface area contributed by atoms with Crippen LogP contribution in [0.5, 0.6) is 5.75 Å². The summed E-state index contributed by atoms with van der Waals surface area (Å²) in [4.78, 5) is 11.5. The predicted octanol–water partition coefficient (Wildman–Crippen LogP) is 5.30. The number of nitrogens with one attached hydrogen (secondary N) is 1. The molecule has 0 radical (unpaired) electrons. The Morgan fingerprint density at radius 1 is 1.11 bits per heavy atom. The lowest BCUT2D eigenvalue weighted by atomic mass is 9.73. The second-order valence-electron chi connectivity index (χ2n) is 8.58. The van der Waals surface area contributed by atoms with Gasteiger partial charge in [0.1, 0.15) is 5.75 Å². The molecule has 3 unspecified atom stereocenters. The quantitative estimate of drug-likeness (QED) is 0.567. The monoisotopic (exact) mass is 371 g/mol. The van der Waals surface area contributed by atoms with Crippen LogP contribution < -0.4 is 10.1 Å². The zero-order valence-corrected chi connectivity index (χ0v) is 17.3. The van der Waals surface area contributed by atoms with Gasteiger partial charge in [0.05, 0.1) is 0 Å². The second-order valence-corrected chi connectivity index (χ2v) is 8.58. The van der Waals surface area contributed by atoms with Gasteiger partial charge in [-0.3, -0.25) is 4.79 Å². The average Bonchev–Trinajstić information content (AvgIpc) is 3.09. The van der Waals surface area contributed by atoms with E-state index >= 15 is 0 Å². The van der Waals surface area contributed by atoms with E-state index in [1.165, 1.54) is 75.3 Å². The molecule has 0 heterocycles. The van der Waals surface area contributed by atoms with Crippen molar-refractivity contribution in [2.45, 2.75) is 77.6 Å². The molecular formula is C24H37NO2. The van der Waals surface area contributed by atoms with Crippen LogP contribution in [0.2, 0.25) is 0 Å². The van der Waals surface area contributed by atoms with E-state index in [0.29, 0.717) is 0 Å². The minimum Gasteiger partial charge on any atom is -0.483 e. The number of hydrogen-bond acceptors (Lipinski definition) is 2. The van der Waals surface area contributed by atoms with E-state index in [2.05, 4.69) is 24.4 Å². The van der Waals surface area contributed by atoms with Crippen molar-refractivity contribution in [2.24, 2.45) is 17.8 Å². The molecule has 3 heteroatoms. The first-order valence-electron chi connectivity index (χ1n) is 11.2. The van der Waals surface area contributed by atoms with Gasteiger partial charge >= 0.3 is 0 Å². The molecule has 150 valence electrons. The van der Waals surface area contributed by atoms with E-state index in [1.807, 2.05) is 6.07 Å². The van der Waals surface area contributed by atoms with Crippen LogP contribution in [0.1, 0.15) is 75.8 Å². The van der Waals surface area contributed by atoms with Crippen LogP contribution in [0, 0.1) is 17.8 Å². The Labute approximate surface area is 165 Å². The number of ether oxygens (including phenoxy) is 1. The summed E-state index contributed by atoms with van der Waals surface area (Å²) in [5.74, 6) is 3.45. The van der Waals surface area contributed by atoms with Gasteiger partial charge in [0.25, 0.3) is 5.91 Å². The minimum absolute atomic E-state index is 0.0684. The molecule has 2 aliphatic carbocycles. The fraction of sp³-hybridized carbons (Fsp3) is 0.708. The van der Waals surface area contributed by atoms with Crippen LogP contribution in [0.4, 0.5) is 0 Å². The maximum absolute atomic E-state index is 11.5. The summed E-state index contributed by atoms with van der Waals surface area (Å²) in [6, 6.07) is 6.40. The first kappa shape index (κ1) is 20.2. The summed E-state index contributed by atoms with van der Waals surface area (Å²) < 4.78 is 5.83. The summed E-state index contributed by atoms with van der Waals surface area (Å²) in [5, 5.41) is 2.63. The van der Waals surface area contributed by atoms with Crippen LogP contribution in [0.15, 0.2) is 18.2 Å². The van der Waals surface area contributed by atoms with Gasteiger partial charge < -0.3 is 10.1 Å². The fourth-order valence-electron chi connectivity index (χ4n) is 5.27. The van der Waals surface area contributed by atoms with Gasteiger partial charge in [-0.1, -0.05) is 64.0 Å². The molecule has 1 N–H and O–H groups in total. The first-order chi connectivity index (χ1) is 13.2. The molecule has 0 spiro atoms. The third kappa shape index (κ3) is 5.27. The Kier molecular flexibility index (Phi) is 7.60. The summed E-state index contributed by atoms with van der Waals surface area (Å²) >= 11 is 0. The Balaban J connectivity index is 1.54. The van der Waals surface area contributed by atoms with E-state index in [1.54, 1.807) is 7.05 Å². The van der Waals surface area contributed by atoms with Crippen LogP contribution in [-0.2, 0) is 17.6 Å². The highest BCUT2D eigenvalue weighted by Gasteiger charge is 2.39. The van der Waals surface area contributed by atoms with Gasteiger partial charge in [0.15, 0.2) is 6.61 Å². The number of hydrogen-bond donors (Lipinski definition) is 1. The number of fused-ring (bicyclic) bond motifs is 2. The summed E-state index contributed by atoms with van der Waals surface area (Å²) in [6.45, 7) is 2.40. The molecule has 27 heavy (non-hydrogen) atoms. The number of likely N-dealkylation sites (N-methyl/N-ethyl adjacent to an activating group) is 1. The van der Waals surface area contributed by atoms with Crippen LogP contribution in [0.3, 0.4) is 0 Å². The highest BCUT2D eigenvalue weighted by atomic mass is 16.5. The smallest absolute Gasteiger partial charge is 0.257 e. The third-order valence-corrected chi connectivity index (χ3v) is 6.84. The predicted molar refractivity (Wildman–Crippen MR) is 111 cm³/mol. The molecule has 1 aromatic rings. The van der Waals surface area contributed by atoms with Gasteiger partial charge in [0.2, 0.25) is 0 Å². The number of unbranched alkanes of at least 4 members (excludes halogenated alkanes) is 5. The molecule has 0 saturated heterocycles. The number of carbonyl (C=O) groups excluding carboxylic acids is 1. The summed E-state index contributed by atoms with van der Waals surface area (Å²) in [5.41, 5.74) is 2.82. The van der Waals surface area contributed by atoms with Crippen molar-refractivity contribution in [2.75, 3.05) is 13.7 Å². The van der Waals surface area contributed by atoms with Crippen molar-refractivity contribution >= 4 is 5.91 Å². The molecule has 3 atom stereocenters. The van der Waals surface area contributed by atoms with E-state index in [9.17, 15) is 4.79 Å². The van der Waals surface area contributed by atoms with Crippen molar-refractivity contribution in [1.29, 1.82) is 0 Å². The SMILES string of the molecule is CCCCCCCCC1CCC2Cc3c(cccc3OCC(=O)NC)CC12. The molecule has 0 bridgehead atoms. The van der Waals surface area contributed by atoms with E-state index in [4.69, 9.17) is 4.74 Å². The fourth-order valence-corrected chi connectivity index (χ4v) is 5.27. The minimum atomic E-state index is -0.0684. The third-order valence-electron chi connectivity index (χ3n) is 6.84. The topological polar surface area (TPSA) is 38.3 Å². The lowest BCUT2D eigenvalue weighted by Gasteiger charge is -2.32. The molecule has 0 aromatic heterocycles. The maximum Gasteiger partial charge on any atom is 0.257 e. The van der Waals surface area contributed by atoms with Gasteiger partial charge in [-0.2, -0.15) is 0 Å². The summed E-state index contributed by atoms with van der Waals surface area (Å²) in [7, 11) is 1.65. The van der Waals surface area contributed by atoms with Crippen molar-refractivity contribution in [3.8, 4) is 5.75 Å². The molecule has 3 nitrogen and oxygen atoms in total. The highest BCUT2D eigenvalue weighted by molar-refractivity contribution is 5.77. The van der Waals surface area contributed by atoms with Crippen LogP contribution >= 0.6 is 0 Å². The maximum atomic E-state index is 11.5. The molecule has 1 aromatic carbocycles. The highest BCUT2D eigenvalue weighted by Crippen LogP contribution is 2.48. The van der Waals surface area contributed by atoms with Crippen LogP contribution in [0.25, 0.3) is 0 Å². The average molecular weight is 372 g/mol. The number of rotatable bonds is 10. The molecule has 2 aliphatic rings. The molecule has 1 saturated carbocycles. The van der Waals surface area contributed by atoms with Gasteiger partial charge in [-0.15, -0.1) is 0 Å². The second kappa shape index (κ2) is 10.1. The number of amides is 1. The van der Waals surface area contributed by atoms with Crippen molar-refractivity contribution in [1.82, 2.24) is 5.32 Å². The first-order valence-corrected chi connectivity index (χ1v) is 11.2. The lowest BCUT2D eigenvalue weighted by Crippen LogP contribution is -2.27. The Bertz CT molecular complexity index is 612. The van der Waals surface area contributed by atoms with Gasteiger partial charge in [-0.25, -0.2) is 0 Å². The van der Waals surface area contributed by atoms with Gasteiger partial charge in [0, 0.05) is 7.05 Å². The van der Waals surface area contributed by atoms with Gasteiger partial charge in [-0.05, 0) is 60.6 Å². The van der Waals surface area contributed by atoms with Crippen molar-refractivity contribution < 1.29 is 9.53 Å². The Morgan fingerprint density at radius 2 is 1.93 bits per heavy atom. The molecular weight excluding hydrogens is 334 g/mol. The lowest BCUT2D eigenvalue weighted by molar-refractivity contribution is -0.122. The largest absolute Gasteiger partial charge is 0.483 e. The Morgan fingerprint density at radius 3 is 2.74 bits per heavy atom. The standard InChI is InChI=1S/C24H37NO2/c1-3-4-5-6-7-8-10-18-13-14-20-16-22-19(15-21(18)20)11-9-12-23(22)27-17-24(26)25-2/h9,11-12,18,20-21H,3-8,10,13-17H2,1-2H3,(H,25,26). The number of carbonyl (C=O) groups is 1. The molecule has 1 amide bonds. The van der Waals surface area contributed by atoms with E-state index < -0.39 is 0 Å². The van der Waals surface area contributed by atoms with Crippen molar-refractivity contribution in [3.63, 3.8) is 0 Å². The Hall–Kier alpha value is -1.51. The normalized spacial score (nSPS) is 23.6. The molecule has 3 rings (SSSR count). The summed E-state index contributed by atoms with van der Waals surface area (Å²) in [6.07, 6.45) is 15.0. The van der Waals surface area contributed by atoms with E-state index in [0.717, 1.165) is 29.9 Å². The zero-order valence-electron chi connectivity index (χ0n) is 17.3. The van der Waals surface area contributed by atoms with Crippen molar-refractivity contribution in [3.05, 3.63) is 29.3 Å². The molecule has 1 fully saturated rings. The van der Waals surface area contributed by atoms with E-state index in [-0.39, 0.29) is 12.5 Å². The zero-order chi connectivity index (χ0) is 19.1.